The minimum Gasteiger partial charge on any atom is -0.192 e. The van der Waals surface area contributed by atoms with Crippen LogP contribution >= 0.6 is 0 Å². The van der Waals surface area contributed by atoms with Gasteiger partial charge in [0, 0.05) is 7.05 Å². The summed E-state index contributed by atoms with van der Waals surface area (Å²) >= 11 is 0. The van der Waals surface area contributed by atoms with Gasteiger partial charge in [0.15, 0.2) is 0 Å². The Balaban J connectivity index is 2.59. The molecule has 0 N–H and O–H groups in total. The molecule has 0 aliphatic rings. The summed E-state index contributed by atoms with van der Waals surface area (Å²) in [5.41, 5.74) is 2.89. The van der Waals surface area contributed by atoms with Crippen molar-refractivity contribution < 1.29 is 0 Å². The molecule has 0 aliphatic carbocycles. The van der Waals surface area contributed by atoms with E-state index in [1.807, 2.05) is 31.2 Å². The van der Waals surface area contributed by atoms with Crippen LogP contribution in [0, 0.1) is 6.92 Å². The van der Waals surface area contributed by atoms with Crippen LogP contribution < -0.4 is 0 Å². The molecule has 2 aromatic carbocycles. The van der Waals surface area contributed by atoms with Gasteiger partial charge in [-0.3, -0.25) is 0 Å². The first kappa shape index (κ1) is 12.4. The standard InChI is InChI=1S/C14H16N4/c1-4-16-18-14-8-6-11-5-7-12(17-15-3)9-13(11)10(14)2/h5-9H,4H2,1-3H3. The summed E-state index contributed by atoms with van der Waals surface area (Å²) in [5.74, 6) is 0. The van der Waals surface area contributed by atoms with Crippen LogP contribution in [0.4, 0.5) is 11.4 Å². The van der Waals surface area contributed by atoms with Gasteiger partial charge >= 0.3 is 0 Å². The van der Waals surface area contributed by atoms with E-state index in [2.05, 4.69) is 33.4 Å². The van der Waals surface area contributed by atoms with Crippen LogP contribution in [0.2, 0.25) is 0 Å². The fourth-order valence-corrected chi connectivity index (χ4v) is 1.88. The maximum Gasteiger partial charge on any atom is 0.0888 e. The summed E-state index contributed by atoms with van der Waals surface area (Å²) in [7, 11) is 1.67. The molecule has 0 saturated heterocycles. The van der Waals surface area contributed by atoms with E-state index in [1.54, 1.807) is 7.05 Å². The molecule has 0 unspecified atom stereocenters. The van der Waals surface area contributed by atoms with Gasteiger partial charge in [-0.05, 0) is 48.4 Å². The molecule has 0 aromatic heterocycles. The highest BCUT2D eigenvalue weighted by Gasteiger charge is 2.04. The molecule has 4 heteroatoms. The van der Waals surface area contributed by atoms with Gasteiger partial charge in [0.2, 0.25) is 0 Å². The van der Waals surface area contributed by atoms with Gasteiger partial charge in [-0.25, -0.2) is 0 Å². The van der Waals surface area contributed by atoms with Crippen molar-refractivity contribution in [1.82, 2.24) is 0 Å². The first-order valence-corrected chi connectivity index (χ1v) is 5.97. The Bertz CT molecular complexity index is 614. The van der Waals surface area contributed by atoms with Crippen LogP contribution in [0.1, 0.15) is 12.5 Å². The summed E-state index contributed by atoms with van der Waals surface area (Å²) in [5, 5.41) is 18.5. The van der Waals surface area contributed by atoms with Crippen molar-refractivity contribution in [2.75, 3.05) is 13.6 Å². The third-order valence-electron chi connectivity index (χ3n) is 2.78. The van der Waals surface area contributed by atoms with E-state index in [1.165, 1.54) is 5.39 Å². The van der Waals surface area contributed by atoms with Crippen LogP contribution in [0.3, 0.4) is 0 Å². The minimum atomic E-state index is 0.696. The molecular weight excluding hydrogens is 224 g/mol. The van der Waals surface area contributed by atoms with Gasteiger partial charge in [-0.15, -0.1) is 0 Å². The molecule has 0 atom stereocenters. The maximum absolute atomic E-state index is 4.22. The Kier molecular flexibility index (Phi) is 3.77. The molecule has 2 aromatic rings. The van der Waals surface area contributed by atoms with E-state index in [9.17, 15) is 0 Å². The highest BCUT2D eigenvalue weighted by Crippen LogP contribution is 2.30. The zero-order valence-corrected chi connectivity index (χ0v) is 10.9. The quantitative estimate of drug-likeness (QED) is 0.680. The average molecular weight is 240 g/mol. The lowest BCUT2D eigenvalue weighted by molar-refractivity contribution is 1.00. The topological polar surface area (TPSA) is 49.4 Å². The van der Waals surface area contributed by atoms with Gasteiger partial charge in [0.05, 0.1) is 17.9 Å². The normalized spacial score (nSPS) is 11.9. The number of rotatable bonds is 3. The van der Waals surface area contributed by atoms with Gasteiger partial charge < -0.3 is 0 Å². The van der Waals surface area contributed by atoms with Crippen LogP contribution in [0.15, 0.2) is 50.8 Å². The molecule has 0 bridgehead atoms. The first-order valence-electron chi connectivity index (χ1n) is 5.97. The molecule has 0 heterocycles. The first-order chi connectivity index (χ1) is 8.76. The smallest absolute Gasteiger partial charge is 0.0888 e. The molecule has 0 radical (unpaired) electrons. The molecule has 0 spiro atoms. The van der Waals surface area contributed by atoms with Crippen molar-refractivity contribution in [3.05, 3.63) is 35.9 Å². The third kappa shape index (κ3) is 2.42. The van der Waals surface area contributed by atoms with Crippen LogP contribution in [0.5, 0.6) is 0 Å². The SMILES string of the molecule is CCN=Nc1ccc2ccc(N=NC)cc2c1C. The van der Waals surface area contributed by atoms with E-state index >= 15 is 0 Å². The molecule has 92 valence electrons. The number of nitrogens with zero attached hydrogens (tertiary/aromatic N) is 4. The van der Waals surface area contributed by atoms with Crippen LogP contribution in [-0.4, -0.2) is 13.6 Å². The molecule has 18 heavy (non-hydrogen) atoms. The van der Waals surface area contributed by atoms with E-state index in [0.29, 0.717) is 6.54 Å². The molecular formula is C14H16N4. The molecule has 4 nitrogen and oxygen atoms in total. The van der Waals surface area contributed by atoms with E-state index in [4.69, 9.17) is 0 Å². The molecule has 0 amide bonds. The van der Waals surface area contributed by atoms with Gasteiger partial charge in [0.25, 0.3) is 0 Å². The van der Waals surface area contributed by atoms with E-state index in [-0.39, 0.29) is 0 Å². The van der Waals surface area contributed by atoms with Gasteiger partial charge in [-0.2, -0.15) is 20.5 Å². The number of benzene rings is 2. The minimum absolute atomic E-state index is 0.696. The maximum atomic E-state index is 4.22. The monoisotopic (exact) mass is 240 g/mol. The van der Waals surface area contributed by atoms with Gasteiger partial charge in [-0.1, -0.05) is 12.1 Å². The summed E-state index contributed by atoms with van der Waals surface area (Å²) in [6, 6.07) is 10.1. The lowest BCUT2D eigenvalue weighted by Crippen LogP contribution is -1.80. The van der Waals surface area contributed by atoms with Crippen molar-refractivity contribution in [3.63, 3.8) is 0 Å². The third-order valence-corrected chi connectivity index (χ3v) is 2.78. The Labute approximate surface area is 106 Å². The number of azo groups is 2. The van der Waals surface area contributed by atoms with Crippen molar-refractivity contribution in [3.8, 4) is 0 Å². The van der Waals surface area contributed by atoms with Crippen LogP contribution in [-0.2, 0) is 0 Å². The lowest BCUT2D eigenvalue weighted by Gasteiger charge is -2.05. The number of hydrogen-bond donors (Lipinski definition) is 0. The fourth-order valence-electron chi connectivity index (χ4n) is 1.88. The fraction of sp³-hybridized carbons (Fsp3) is 0.286. The zero-order valence-electron chi connectivity index (χ0n) is 10.9. The van der Waals surface area contributed by atoms with Gasteiger partial charge in [0.1, 0.15) is 0 Å². The highest BCUT2D eigenvalue weighted by atomic mass is 15.1. The average Bonchev–Trinajstić information content (AvgIpc) is 2.39. The summed E-state index contributed by atoms with van der Waals surface area (Å²) in [6.07, 6.45) is 0. The number of aryl methyl sites for hydroxylation is 1. The highest BCUT2D eigenvalue weighted by molar-refractivity contribution is 5.91. The lowest BCUT2D eigenvalue weighted by atomic mass is 10.0. The Morgan fingerprint density at radius 3 is 2.56 bits per heavy atom. The summed E-state index contributed by atoms with van der Waals surface area (Å²) in [6.45, 7) is 4.72. The molecule has 0 fully saturated rings. The summed E-state index contributed by atoms with van der Waals surface area (Å²) < 4.78 is 0. The predicted octanol–water partition coefficient (Wildman–Crippen LogP) is 4.97. The Morgan fingerprint density at radius 2 is 1.83 bits per heavy atom. The van der Waals surface area contributed by atoms with E-state index in [0.717, 1.165) is 22.3 Å². The Hall–Kier alpha value is -2.10. The largest absolute Gasteiger partial charge is 0.192 e. The Morgan fingerprint density at radius 1 is 1.06 bits per heavy atom. The van der Waals surface area contributed by atoms with Crippen molar-refractivity contribution >= 4 is 22.1 Å². The summed E-state index contributed by atoms with van der Waals surface area (Å²) in [4.78, 5) is 0. The van der Waals surface area contributed by atoms with Crippen LogP contribution in [0.25, 0.3) is 10.8 Å². The number of hydrogen-bond acceptors (Lipinski definition) is 4. The molecule has 0 aliphatic heterocycles. The second kappa shape index (κ2) is 5.49. The van der Waals surface area contributed by atoms with Crippen molar-refractivity contribution in [1.29, 1.82) is 0 Å². The zero-order chi connectivity index (χ0) is 13.0. The molecule has 2 rings (SSSR count). The number of fused-ring (bicyclic) bond motifs is 1. The second-order valence-corrected chi connectivity index (χ2v) is 3.97. The van der Waals surface area contributed by atoms with E-state index < -0.39 is 0 Å². The predicted molar refractivity (Wildman–Crippen MR) is 74.2 cm³/mol. The second-order valence-electron chi connectivity index (χ2n) is 3.97. The van der Waals surface area contributed by atoms with Crippen molar-refractivity contribution in [2.45, 2.75) is 13.8 Å². The van der Waals surface area contributed by atoms with Crippen molar-refractivity contribution in [2.24, 2.45) is 20.5 Å². The molecule has 0 saturated carbocycles.